The Morgan fingerprint density at radius 2 is 0.359 bits per heavy atom. The summed E-state index contributed by atoms with van der Waals surface area (Å²) in [4.78, 5) is 0. The van der Waals surface area contributed by atoms with Crippen molar-refractivity contribution < 1.29 is 90.1 Å². The molecule has 0 spiro atoms. The van der Waals surface area contributed by atoms with Crippen LogP contribution in [0.5, 0.6) is 0 Å². The van der Waals surface area contributed by atoms with Gasteiger partial charge in [-0.1, -0.05) is 340 Å². The molecule has 0 atom stereocenters. The van der Waals surface area contributed by atoms with Crippen LogP contribution in [0.3, 0.4) is 0 Å². The van der Waals surface area contributed by atoms with Crippen molar-refractivity contribution in [2.45, 2.75) is 76.2 Å². The molecule has 0 heterocycles. The number of hydrogen-bond acceptors (Lipinski definition) is 0. The van der Waals surface area contributed by atoms with Crippen molar-refractivity contribution in [1.82, 2.24) is 0 Å². The monoisotopic (exact) mass is 1690 g/mol. The zero-order chi connectivity index (χ0) is 64.9. The number of rotatable bonds is 12. The van der Waals surface area contributed by atoms with E-state index in [2.05, 4.69) is 339 Å². The molecule has 0 fully saturated rings. The summed E-state index contributed by atoms with van der Waals surface area (Å²) in [5.74, 6) is 0. The van der Waals surface area contributed by atoms with Gasteiger partial charge in [-0.05, 0) is 108 Å². The Morgan fingerprint density at radius 1 is 0.228 bits per heavy atom. The number of halogens is 1. The Labute approximate surface area is 609 Å². The van der Waals surface area contributed by atoms with Crippen LogP contribution in [0.15, 0.2) is 279 Å². The summed E-state index contributed by atoms with van der Waals surface area (Å²) >= 11 is 0. The Balaban J connectivity index is 0.000000591. The Morgan fingerprint density at radius 3 is 0.478 bits per heavy atom. The third-order valence-electron chi connectivity index (χ3n) is 13.4. The van der Waals surface area contributed by atoms with Gasteiger partial charge in [-0.15, -0.1) is 41.3 Å². The molecule has 0 radical (unpaired) electrons. The van der Waals surface area contributed by atoms with Gasteiger partial charge in [0.25, 0.3) is 0 Å². The normalized spacial score (nSPS) is 9.48. The minimum absolute atomic E-state index is 0. The SMILES string of the molecule is Cc1cc(C)c([N-]P(c2ccccc2)c2ccccc2)c(C)c1.Cc1cc(C)c([N-]P(c2ccccc2)c2ccccc2)c(C)c1.Cc1cc(C)c([N-]P(c2ccccc2)c2ccccc2)c(C)c1.Cc1ccccc1.Cc1ccccc1.[C-]#[O+].[C-]#[O+].[C-]#[O+].[I-].[Mo+2].[U+2]. The van der Waals surface area contributed by atoms with E-state index in [0.29, 0.717) is 0 Å². The molecule has 92 heavy (non-hydrogen) atoms. The molecule has 464 valence electrons. The molecule has 6 nitrogen and oxygen atoms in total. The molecule has 0 amide bonds. The summed E-state index contributed by atoms with van der Waals surface area (Å²) in [6, 6.07) is 97.5. The second kappa shape index (κ2) is 47.6. The minimum Gasteiger partial charge on any atom is -1.00 e. The van der Waals surface area contributed by atoms with E-state index in [4.69, 9.17) is 29.2 Å². The molecule has 11 aromatic rings. The van der Waals surface area contributed by atoms with E-state index in [9.17, 15) is 0 Å². The van der Waals surface area contributed by atoms with Crippen molar-refractivity contribution in [3.8, 4) is 0 Å². The molecule has 0 aliphatic carbocycles. The van der Waals surface area contributed by atoms with Crippen molar-refractivity contribution in [3.05, 3.63) is 375 Å². The zero-order valence-electron chi connectivity index (χ0n) is 54.3. The quantitative estimate of drug-likeness (QED) is 0.0382. The summed E-state index contributed by atoms with van der Waals surface area (Å²) in [6.45, 7) is 37.0. The maximum atomic E-state index is 7.50. The Bertz CT molecular complexity index is 3270. The second-order valence-corrected chi connectivity index (χ2v) is 26.4. The number of aryl methyl sites for hydroxylation is 11. The molecule has 0 N–H and O–H groups in total. The van der Waals surface area contributed by atoms with Crippen LogP contribution in [-0.4, -0.2) is 0 Å². The smallest absolute Gasteiger partial charge is 1.00 e. The molecular formula is C80H79IMoN3O3P3U. The summed E-state index contributed by atoms with van der Waals surface area (Å²) in [5, 5.41) is 23.3. The second-order valence-electron chi connectivity index (χ2n) is 20.8. The summed E-state index contributed by atoms with van der Waals surface area (Å²) in [6.07, 6.45) is 0. The van der Waals surface area contributed by atoms with E-state index in [-0.39, 0.29) is 76.2 Å². The third kappa shape index (κ3) is 28.6. The summed E-state index contributed by atoms with van der Waals surface area (Å²) in [7, 11) is -2.23. The topological polar surface area (TPSA) is 102 Å². The fourth-order valence-corrected chi connectivity index (χ4v) is 15.4. The van der Waals surface area contributed by atoms with Crippen LogP contribution >= 0.6 is 24.2 Å². The Kier molecular flexibility index (Phi) is 43.4. The first-order valence-corrected chi connectivity index (χ1v) is 32.9. The van der Waals surface area contributed by atoms with E-state index in [1.807, 2.05) is 36.4 Å². The van der Waals surface area contributed by atoms with Gasteiger partial charge in [0.2, 0.25) is 0 Å². The van der Waals surface area contributed by atoms with Crippen molar-refractivity contribution in [2.24, 2.45) is 0 Å². The van der Waals surface area contributed by atoms with Crippen LogP contribution < -0.4 is 55.8 Å². The molecule has 11 rings (SSSR count). The van der Waals surface area contributed by atoms with Crippen molar-refractivity contribution in [3.63, 3.8) is 0 Å². The Hall–Kier alpha value is -6.20. The predicted molar refractivity (Wildman–Crippen MR) is 382 cm³/mol. The zero-order valence-corrected chi connectivity index (χ0v) is 65.3. The van der Waals surface area contributed by atoms with E-state index < -0.39 is 24.2 Å². The van der Waals surface area contributed by atoms with Crippen LogP contribution in [0.4, 0.5) is 17.1 Å². The molecule has 12 heteroatoms. The summed E-state index contributed by atoms with van der Waals surface area (Å²) < 4.78 is 22.5. The molecule has 0 saturated carbocycles. The van der Waals surface area contributed by atoms with Gasteiger partial charge in [-0.2, -0.15) is 0 Å². The van der Waals surface area contributed by atoms with Gasteiger partial charge in [-0.25, -0.2) is 0 Å². The fraction of sp³-hybridized carbons (Fsp3) is 0.138. The molecule has 0 bridgehead atoms. The predicted octanol–water partition coefficient (Wildman–Crippen LogP) is 17.9. The van der Waals surface area contributed by atoms with Gasteiger partial charge in [0.1, 0.15) is 0 Å². The first-order chi connectivity index (χ1) is 43.2. The largest absolute Gasteiger partial charge is 2.00 e. The number of nitrogens with zero attached hydrogens (tertiary/aromatic N) is 3. The summed E-state index contributed by atoms with van der Waals surface area (Å²) in [5.41, 5.74) is 17.4. The van der Waals surface area contributed by atoms with Gasteiger partial charge in [-0.3, -0.25) is 0 Å². The first kappa shape index (κ1) is 83.8. The van der Waals surface area contributed by atoms with Gasteiger partial charge in [0.15, 0.2) is 0 Å². The van der Waals surface area contributed by atoms with Crippen LogP contribution in [0.1, 0.15) is 61.2 Å². The molecule has 0 aliphatic heterocycles. The van der Waals surface area contributed by atoms with Crippen LogP contribution in [0.25, 0.3) is 15.3 Å². The van der Waals surface area contributed by atoms with Crippen molar-refractivity contribution in [2.75, 3.05) is 0 Å². The van der Waals surface area contributed by atoms with Gasteiger partial charge in [0.05, 0.1) is 0 Å². The third-order valence-corrected chi connectivity index (χ3v) is 19.3. The maximum Gasteiger partial charge on any atom is 2.00 e. The number of benzene rings is 11. The van der Waals surface area contributed by atoms with Gasteiger partial charge < -0.3 is 39.2 Å². The molecule has 0 saturated heterocycles. The van der Waals surface area contributed by atoms with E-state index >= 15 is 0 Å². The molecule has 0 unspecified atom stereocenters. The first-order valence-electron chi connectivity index (χ1n) is 29.0. The minimum atomic E-state index is -0.744. The number of hydrogen-bond donors (Lipinski definition) is 0. The van der Waals surface area contributed by atoms with E-state index in [1.165, 1.54) is 93.0 Å². The molecule has 11 aromatic carbocycles. The van der Waals surface area contributed by atoms with E-state index in [1.54, 1.807) is 0 Å². The van der Waals surface area contributed by atoms with Gasteiger partial charge in [0, 0.05) is 0 Å². The molecule has 0 aromatic heterocycles. The average molecular weight is 1680 g/mol. The van der Waals surface area contributed by atoms with Gasteiger partial charge >= 0.3 is 86.1 Å². The van der Waals surface area contributed by atoms with Crippen molar-refractivity contribution >= 4 is 73.1 Å². The van der Waals surface area contributed by atoms with Crippen LogP contribution in [-0.2, 0) is 35.0 Å². The molecular weight excluding hydrogens is 1600 g/mol. The average Bonchev–Trinajstić information content (AvgIpc) is 1.19. The maximum absolute atomic E-state index is 7.50. The van der Waals surface area contributed by atoms with Crippen LogP contribution in [0.2, 0.25) is 0 Å². The fourth-order valence-electron chi connectivity index (χ4n) is 9.57. The molecule has 0 aliphatic rings. The van der Waals surface area contributed by atoms with E-state index in [0.717, 1.165) is 17.1 Å². The van der Waals surface area contributed by atoms with Crippen molar-refractivity contribution in [1.29, 1.82) is 0 Å². The van der Waals surface area contributed by atoms with Crippen LogP contribution in [0, 0.1) is 127 Å². The standard InChI is InChI=1S/3C21H21NP.2C7H8.3CO.HI.Mo.U/c3*1-16-14-17(2)21(18(3)15-16)22-23(19-10-6-4-7-11-19)20-12-8-5-9-13-20;2*1-7-5-3-2-4-6-7;3*1-2;;;/h3*4-15H,1-3H3;2*2-6H,1H3;;;;1H;;/q3*-1;;;;;;;2*+2/p-1.